The minimum absolute atomic E-state index is 0.135. The van der Waals surface area contributed by atoms with Crippen molar-refractivity contribution in [3.8, 4) is 11.5 Å². The second kappa shape index (κ2) is 11.6. The van der Waals surface area contributed by atoms with Gasteiger partial charge in [-0.15, -0.1) is 0 Å². The predicted octanol–water partition coefficient (Wildman–Crippen LogP) is 2.31. The molecule has 0 saturated carbocycles. The fourth-order valence-electron chi connectivity index (χ4n) is 3.34. The standard InChI is InChI=1S/C22H27BrN4O5S/c1-3-32-20-9-4-17(14-21(20)31-2)15-24-25-22(28)16-26-10-12-27(13-11-26)33(29,30)19-7-5-18(23)6-8-19/h4-9,14-15H,3,10-13,16H2,1-2H3,(H,25,28)/b24-15+. The molecule has 3 rings (SSSR count). The SMILES string of the molecule is CCOc1ccc(/C=N/NC(=O)CN2CCN(S(=O)(=O)c3ccc(Br)cc3)CC2)cc1OC. The fraction of sp³-hybridized carbons (Fsp3) is 0.364. The highest BCUT2D eigenvalue weighted by Crippen LogP contribution is 2.27. The molecule has 0 bridgehead atoms. The average Bonchev–Trinajstić information content (AvgIpc) is 2.80. The van der Waals surface area contributed by atoms with Gasteiger partial charge >= 0.3 is 0 Å². The molecule has 1 saturated heterocycles. The first-order valence-corrected chi connectivity index (χ1v) is 12.7. The zero-order valence-electron chi connectivity index (χ0n) is 18.5. The molecule has 1 fully saturated rings. The summed E-state index contributed by atoms with van der Waals surface area (Å²) < 4.78 is 38.6. The number of rotatable bonds is 9. The molecule has 1 amide bonds. The van der Waals surface area contributed by atoms with Gasteiger partial charge in [-0.05, 0) is 55.0 Å². The Hall–Kier alpha value is -2.47. The number of halogens is 1. The molecule has 178 valence electrons. The Labute approximate surface area is 202 Å². The molecule has 9 nitrogen and oxygen atoms in total. The van der Waals surface area contributed by atoms with E-state index in [-0.39, 0.29) is 17.3 Å². The predicted molar refractivity (Wildman–Crippen MR) is 129 cm³/mol. The van der Waals surface area contributed by atoms with Crippen LogP contribution in [0.15, 0.2) is 56.9 Å². The number of methoxy groups -OCH3 is 1. The van der Waals surface area contributed by atoms with Crippen molar-refractivity contribution in [3.05, 3.63) is 52.5 Å². The monoisotopic (exact) mass is 538 g/mol. The topological polar surface area (TPSA) is 101 Å². The number of sulfonamides is 1. The molecule has 0 atom stereocenters. The van der Waals surface area contributed by atoms with Crippen molar-refractivity contribution in [2.75, 3.05) is 46.4 Å². The van der Waals surface area contributed by atoms with Crippen molar-refractivity contribution >= 4 is 38.1 Å². The summed E-state index contributed by atoms with van der Waals surface area (Å²) in [5.74, 6) is 0.957. The minimum Gasteiger partial charge on any atom is -0.493 e. The zero-order valence-corrected chi connectivity index (χ0v) is 20.9. The van der Waals surface area contributed by atoms with Crippen LogP contribution in [0.25, 0.3) is 0 Å². The van der Waals surface area contributed by atoms with Gasteiger partial charge in [0.25, 0.3) is 5.91 Å². The number of nitrogens with zero attached hydrogens (tertiary/aromatic N) is 3. The van der Waals surface area contributed by atoms with Crippen LogP contribution in [-0.2, 0) is 14.8 Å². The molecule has 0 unspecified atom stereocenters. The number of carbonyl (C=O) groups is 1. The van der Waals surface area contributed by atoms with Crippen molar-refractivity contribution in [2.24, 2.45) is 5.10 Å². The van der Waals surface area contributed by atoms with Gasteiger partial charge in [-0.1, -0.05) is 15.9 Å². The molecule has 0 spiro atoms. The molecule has 0 aromatic heterocycles. The van der Waals surface area contributed by atoms with Crippen molar-refractivity contribution in [2.45, 2.75) is 11.8 Å². The number of hydrogen-bond acceptors (Lipinski definition) is 7. The van der Waals surface area contributed by atoms with Crippen LogP contribution >= 0.6 is 15.9 Å². The number of benzene rings is 2. The van der Waals surface area contributed by atoms with E-state index in [0.717, 1.165) is 10.0 Å². The Morgan fingerprint density at radius 1 is 1.12 bits per heavy atom. The van der Waals surface area contributed by atoms with Crippen LogP contribution in [-0.4, -0.2) is 76.2 Å². The lowest BCUT2D eigenvalue weighted by Gasteiger charge is -2.33. The molecule has 1 N–H and O–H groups in total. The molecule has 0 radical (unpaired) electrons. The van der Waals surface area contributed by atoms with Crippen LogP contribution in [0.1, 0.15) is 12.5 Å². The Bertz CT molecular complexity index is 1080. The second-order valence-electron chi connectivity index (χ2n) is 7.27. The highest BCUT2D eigenvalue weighted by atomic mass is 79.9. The number of amides is 1. The molecular formula is C22H27BrN4O5S. The van der Waals surface area contributed by atoms with Crippen molar-refractivity contribution in [1.29, 1.82) is 0 Å². The summed E-state index contributed by atoms with van der Waals surface area (Å²) in [6, 6.07) is 11.9. The molecule has 2 aromatic carbocycles. The smallest absolute Gasteiger partial charge is 0.254 e. The van der Waals surface area contributed by atoms with E-state index in [1.165, 1.54) is 10.5 Å². The van der Waals surface area contributed by atoms with Gasteiger partial charge in [-0.3, -0.25) is 9.69 Å². The maximum Gasteiger partial charge on any atom is 0.254 e. The highest BCUT2D eigenvalue weighted by molar-refractivity contribution is 9.10. The molecule has 1 aliphatic heterocycles. The van der Waals surface area contributed by atoms with Crippen molar-refractivity contribution < 1.29 is 22.7 Å². The lowest BCUT2D eigenvalue weighted by molar-refractivity contribution is -0.122. The molecule has 33 heavy (non-hydrogen) atoms. The fourth-order valence-corrected chi connectivity index (χ4v) is 5.03. The first kappa shape index (κ1) is 25.2. The van der Waals surface area contributed by atoms with Gasteiger partial charge in [0.2, 0.25) is 10.0 Å². The summed E-state index contributed by atoms with van der Waals surface area (Å²) in [6.07, 6.45) is 1.53. The van der Waals surface area contributed by atoms with Gasteiger partial charge in [0, 0.05) is 30.7 Å². The number of hydrazone groups is 1. The molecule has 1 heterocycles. The zero-order chi connectivity index (χ0) is 23.8. The molecule has 1 aliphatic rings. The third-order valence-electron chi connectivity index (χ3n) is 5.04. The van der Waals surface area contributed by atoms with Gasteiger partial charge < -0.3 is 9.47 Å². The van der Waals surface area contributed by atoms with E-state index >= 15 is 0 Å². The van der Waals surface area contributed by atoms with E-state index in [2.05, 4.69) is 26.5 Å². The van der Waals surface area contributed by atoms with Crippen molar-refractivity contribution in [3.63, 3.8) is 0 Å². The number of nitrogens with one attached hydrogen (secondary N) is 1. The third kappa shape index (κ3) is 6.76. The van der Waals surface area contributed by atoms with Gasteiger partial charge in [0.1, 0.15) is 0 Å². The maximum atomic E-state index is 12.8. The second-order valence-corrected chi connectivity index (χ2v) is 10.1. The normalized spacial score (nSPS) is 15.5. The average molecular weight is 539 g/mol. The Morgan fingerprint density at radius 2 is 1.82 bits per heavy atom. The van der Waals surface area contributed by atoms with Gasteiger partial charge in [-0.2, -0.15) is 9.41 Å². The van der Waals surface area contributed by atoms with E-state index in [9.17, 15) is 13.2 Å². The van der Waals surface area contributed by atoms with Crippen molar-refractivity contribution in [1.82, 2.24) is 14.6 Å². The molecule has 11 heteroatoms. The van der Waals surface area contributed by atoms with Crippen LogP contribution in [0, 0.1) is 0 Å². The van der Waals surface area contributed by atoms with Crippen LogP contribution in [0.2, 0.25) is 0 Å². The minimum atomic E-state index is -3.55. The van der Waals surface area contributed by atoms with Crippen LogP contribution in [0.5, 0.6) is 11.5 Å². The van der Waals surface area contributed by atoms with Gasteiger partial charge in [-0.25, -0.2) is 13.8 Å². The van der Waals surface area contributed by atoms with E-state index in [1.807, 2.05) is 17.9 Å². The summed E-state index contributed by atoms with van der Waals surface area (Å²) in [4.78, 5) is 14.4. The lowest BCUT2D eigenvalue weighted by atomic mass is 10.2. The number of carbonyl (C=O) groups excluding carboxylic acids is 1. The quantitative estimate of drug-likeness (QED) is 0.388. The summed E-state index contributed by atoms with van der Waals surface area (Å²) in [7, 11) is -1.99. The highest BCUT2D eigenvalue weighted by Gasteiger charge is 2.28. The third-order valence-corrected chi connectivity index (χ3v) is 7.48. The number of piperazine rings is 1. The maximum absolute atomic E-state index is 12.8. The molecule has 2 aromatic rings. The summed E-state index contributed by atoms with van der Waals surface area (Å²) in [5, 5.41) is 4.00. The lowest BCUT2D eigenvalue weighted by Crippen LogP contribution is -2.50. The van der Waals surface area contributed by atoms with Crippen LogP contribution < -0.4 is 14.9 Å². The summed E-state index contributed by atoms with van der Waals surface area (Å²) >= 11 is 3.31. The molecular weight excluding hydrogens is 512 g/mol. The van der Waals surface area contributed by atoms with Crippen LogP contribution in [0.3, 0.4) is 0 Å². The van der Waals surface area contributed by atoms with E-state index in [0.29, 0.717) is 44.3 Å². The van der Waals surface area contributed by atoms with Gasteiger partial charge in [0.05, 0.1) is 31.4 Å². The van der Waals surface area contributed by atoms with E-state index < -0.39 is 10.0 Å². The summed E-state index contributed by atoms with van der Waals surface area (Å²) in [5.41, 5.74) is 3.26. The first-order valence-electron chi connectivity index (χ1n) is 10.4. The van der Waals surface area contributed by atoms with Gasteiger partial charge in [0.15, 0.2) is 11.5 Å². The van der Waals surface area contributed by atoms with E-state index in [4.69, 9.17) is 9.47 Å². The van der Waals surface area contributed by atoms with E-state index in [1.54, 1.807) is 43.5 Å². The Kier molecular flexibility index (Phi) is 8.84. The Balaban J connectivity index is 1.48. The van der Waals surface area contributed by atoms with Crippen LogP contribution in [0.4, 0.5) is 0 Å². The number of ether oxygens (including phenoxy) is 2. The largest absolute Gasteiger partial charge is 0.493 e. The first-order chi connectivity index (χ1) is 15.8. The number of hydrogen-bond donors (Lipinski definition) is 1. The Morgan fingerprint density at radius 3 is 2.45 bits per heavy atom. The summed E-state index contributed by atoms with van der Waals surface area (Å²) in [6.45, 7) is 4.12. The molecule has 0 aliphatic carbocycles.